The average Bonchev–Trinajstić information content (AvgIpc) is 3.38. The van der Waals surface area contributed by atoms with Crippen molar-refractivity contribution in [3.63, 3.8) is 0 Å². The third-order valence-electron chi connectivity index (χ3n) is 6.18. The summed E-state index contributed by atoms with van der Waals surface area (Å²) in [5.41, 5.74) is 5.76. The van der Waals surface area contributed by atoms with E-state index in [1.165, 1.54) is 22.9 Å². The summed E-state index contributed by atoms with van der Waals surface area (Å²) >= 11 is 1.46. The van der Waals surface area contributed by atoms with Gasteiger partial charge in [-0.15, -0.1) is 0 Å². The summed E-state index contributed by atoms with van der Waals surface area (Å²) in [5, 5.41) is 6.57. The number of hydrogen-bond acceptors (Lipinski definition) is 6. The van der Waals surface area contributed by atoms with Crippen LogP contribution in [0.5, 0.6) is 0 Å². The number of fused-ring (bicyclic) bond motifs is 1. The van der Waals surface area contributed by atoms with Crippen LogP contribution in [0, 0.1) is 0 Å². The highest BCUT2D eigenvalue weighted by atomic mass is 32.2. The number of carbonyl (C=O) groups is 2. The monoisotopic (exact) mass is 485 g/mol. The number of aromatic nitrogens is 1. The molecule has 1 unspecified atom stereocenters. The average molecular weight is 486 g/mol. The first-order valence-electron chi connectivity index (χ1n) is 11.6. The molecule has 3 heterocycles. The van der Waals surface area contributed by atoms with Gasteiger partial charge in [-0.05, 0) is 66.6 Å². The van der Waals surface area contributed by atoms with Crippen LogP contribution in [0.2, 0.25) is 0 Å². The molecule has 2 amide bonds. The maximum Gasteiger partial charge on any atom is 0.255 e. The zero-order valence-electron chi connectivity index (χ0n) is 19.5. The van der Waals surface area contributed by atoms with E-state index in [0.717, 1.165) is 41.4 Å². The van der Waals surface area contributed by atoms with Crippen LogP contribution in [0.3, 0.4) is 0 Å². The fourth-order valence-corrected chi connectivity index (χ4v) is 5.28. The Morgan fingerprint density at radius 2 is 2.03 bits per heavy atom. The van der Waals surface area contributed by atoms with E-state index in [1.54, 1.807) is 18.5 Å². The highest BCUT2D eigenvalue weighted by molar-refractivity contribution is 8.15. The normalized spacial score (nSPS) is 17.4. The van der Waals surface area contributed by atoms with Gasteiger partial charge in [0.15, 0.2) is 0 Å². The zero-order valence-corrected chi connectivity index (χ0v) is 20.3. The SMILES string of the molecule is CN1CCc2ccc(NC(=O)c3cccc(CNC(=O)C4CN=C(c5cccnc5)S4)c3)cc2C1. The first-order valence-corrected chi connectivity index (χ1v) is 12.5. The predicted octanol–water partition coefficient (Wildman–Crippen LogP) is 3.50. The molecule has 35 heavy (non-hydrogen) atoms. The second-order valence-electron chi connectivity index (χ2n) is 8.84. The number of nitrogens with one attached hydrogen (secondary N) is 2. The van der Waals surface area contributed by atoms with Crippen molar-refractivity contribution in [1.29, 1.82) is 0 Å². The van der Waals surface area contributed by atoms with Crippen molar-refractivity contribution in [2.24, 2.45) is 4.99 Å². The number of carbonyl (C=O) groups excluding carboxylic acids is 2. The van der Waals surface area contributed by atoms with Gasteiger partial charge in [0.25, 0.3) is 5.91 Å². The van der Waals surface area contributed by atoms with Gasteiger partial charge in [0.2, 0.25) is 5.91 Å². The molecule has 0 saturated carbocycles. The minimum absolute atomic E-state index is 0.0634. The van der Waals surface area contributed by atoms with Gasteiger partial charge in [-0.2, -0.15) is 0 Å². The van der Waals surface area contributed by atoms with Gasteiger partial charge in [0.1, 0.15) is 10.3 Å². The maximum absolute atomic E-state index is 12.9. The molecule has 5 rings (SSSR count). The van der Waals surface area contributed by atoms with Crippen molar-refractivity contribution in [2.45, 2.75) is 24.8 Å². The van der Waals surface area contributed by atoms with Crippen molar-refractivity contribution < 1.29 is 9.59 Å². The molecule has 2 aliphatic heterocycles. The van der Waals surface area contributed by atoms with Crippen LogP contribution >= 0.6 is 11.8 Å². The molecule has 0 aliphatic carbocycles. The summed E-state index contributed by atoms with van der Waals surface area (Å²) < 4.78 is 0. The van der Waals surface area contributed by atoms with E-state index < -0.39 is 0 Å². The van der Waals surface area contributed by atoms with Crippen LogP contribution in [0.4, 0.5) is 5.69 Å². The Kier molecular flexibility index (Phi) is 6.92. The molecule has 0 radical (unpaired) electrons. The molecule has 2 aromatic carbocycles. The van der Waals surface area contributed by atoms with E-state index in [2.05, 4.69) is 44.7 Å². The van der Waals surface area contributed by atoms with Crippen molar-refractivity contribution in [2.75, 3.05) is 25.5 Å². The van der Waals surface area contributed by atoms with Crippen molar-refractivity contribution in [1.82, 2.24) is 15.2 Å². The molecular weight excluding hydrogens is 458 g/mol. The number of amides is 2. The standard InChI is InChI=1S/C27H27N5O2S/c1-32-11-9-19-7-8-23(13-22(19)17-32)31-25(33)20-5-2-4-18(12-20)14-29-26(34)24-16-30-27(35-24)21-6-3-10-28-15-21/h2-8,10,12-13,15,24H,9,11,14,16-17H2,1H3,(H,29,34)(H,31,33). The molecule has 8 heteroatoms. The molecule has 2 aliphatic rings. The van der Waals surface area contributed by atoms with Gasteiger partial charge < -0.3 is 15.5 Å². The van der Waals surface area contributed by atoms with Gasteiger partial charge in [-0.1, -0.05) is 30.0 Å². The number of hydrogen-bond donors (Lipinski definition) is 2. The molecule has 0 spiro atoms. The zero-order chi connectivity index (χ0) is 24.2. The van der Waals surface area contributed by atoms with Gasteiger partial charge in [-0.3, -0.25) is 19.6 Å². The third-order valence-corrected chi connectivity index (χ3v) is 7.41. The number of likely N-dealkylation sites (N-methyl/N-ethyl adjacent to an activating group) is 1. The van der Waals surface area contributed by atoms with Crippen LogP contribution < -0.4 is 10.6 Å². The first-order chi connectivity index (χ1) is 17.0. The fourth-order valence-electron chi connectivity index (χ4n) is 4.26. The number of anilines is 1. The molecule has 178 valence electrons. The van der Waals surface area contributed by atoms with E-state index in [0.29, 0.717) is 18.7 Å². The Hall–Kier alpha value is -3.49. The minimum atomic E-state index is -0.264. The number of aliphatic imine (C=N–C) groups is 1. The summed E-state index contributed by atoms with van der Waals surface area (Å²) in [5.74, 6) is -0.227. The van der Waals surface area contributed by atoms with Crippen molar-refractivity contribution in [3.8, 4) is 0 Å². The topological polar surface area (TPSA) is 86.7 Å². The number of benzene rings is 2. The summed E-state index contributed by atoms with van der Waals surface area (Å²) in [6.07, 6.45) is 4.50. The predicted molar refractivity (Wildman–Crippen MR) is 140 cm³/mol. The maximum atomic E-state index is 12.9. The molecule has 0 fully saturated rings. The molecular formula is C27H27N5O2S. The molecule has 2 N–H and O–H groups in total. The number of thioether (sulfide) groups is 1. The van der Waals surface area contributed by atoms with Crippen molar-refractivity contribution in [3.05, 3.63) is 94.8 Å². The summed E-state index contributed by atoms with van der Waals surface area (Å²) in [7, 11) is 2.11. The van der Waals surface area contributed by atoms with Crippen molar-refractivity contribution >= 4 is 34.3 Å². The molecule has 3 aromatic rings. The molecule has 7 nitrogen and oxygen atoms in total. The van der Waals surface area contributed by atoms with Crippen LogP contribution in [0.25, 0.3) is 0 Å². The number of pyridine rings is 1. The Bertz CT molecular complexity index is 1280. The smallest absolute Gasteiger partial charge is 0.255 e. The van der Waals surface area contributed by atoms with E-state index in [-0.39, 0.29) is 17.1 Å². The summed E-state index contributed by atoms with van der Waals surface area (Å²) in [4.78, 5) is 36.5. The van der Waals surface area contributed by atoms with Gasteiger partial charge >= 0.3 is 0 Å². The Morgan fingerprint density at radius 3 is 2.89 bits per heavy atom. The first kappa shape index (κ1) is 23.3. The molecule has 0 bridgehead atoms. The Balaban J connectivity index is 1.16. The molecule has 1 aromatic heterocycles. The summed E-state index contributed by atoms with van der Waals surface area (Å²) in [6.45, 7) is 2.74. The second kappa shape index (κ2) is 10.4. The third kappa shape index (κ3) is 5.61. The lowest BCUT2D eigenvalue weighted by atomic mass is 9.99. The van der Waals surface area contributed by atoms with Crippen LogP contribution in [-0.2, 0) is 24.3 Å². The Labute approximate surface area is 209 Å². The summed E-state index contributed by atoms with van der Waals surface area (Å²) in [6, 6.07) is 17.3. The molecule has 1 atom stereocenters. The van der Waals surface area contributed by atoms with Crippen LogP contribution in [-0.4, -0.2) is 52.1 Å². The second-order valence-corrected chi connectivity index (χ2v) is 10.0. The van der Waals surface area contributed by atoms with E-state index in [9.17, 15) is 9.59 Å². The molecule has 0 saturated heterocycles. The lowest BCUT2D eigenvalue weighted by Gasteiger charge is -2.25. The van der Waals surface area contributed by atoms with E-state index in [4.69, 9.17) is 0 Å². The van der Waals surface area contributed by atoms with Crippen LogP contribution in [0.15, 0.2) is 72.0 Å². The van der Waals surface area contributed by atoms with E-state index >= 15 is 0 Å². The van der Waals surface area contributed by atoms with E-state index in [1.807, 2.05) is 36.4 Å². The number of rotatable bonds is 6. The highest BCUT2D eigenvalue weighted by Crippen LogP contribution is 2.26. The lowest BCUT2D eigenvalue weighted by molar-refractivity contribution is -0.120. The van der Waals surface area contributed by atoms with Crippen LogP contribution in [0.1, 0.15) is 32.6 Å². The van der Waals surface area contributed by atoms with Gasteiger partial charge in [0, 0.05) is 48.8 Å². The lowest BCUT2D eigenvalue weighted by Crippen LogP contribution is -2.33. The minimum Gasteiger partial charge on any atom is -0.351 e. The Morgan fingerprint density at radius 1 is 1.11 bits per heavy atom. The van der Waals surface area contributed by atoms with Gasteiger partial charge in [-0.25, -0.2) is 0 Å². The van der Waals surface area contributed by atoms with Gasteiger partial charge in [0.05, 0.1) is 6.54 Å². The number of nitrogens with zero attached hydrogens (tertiary/aromatic N) is 3. The fraction of sp³-hybridized carbons (Fsp3) is 0.259. The quantitative estimate of drug-likeness (QED) is 0.558. The highest BCUT2D eigenvalue weighted by Gasteiger charge is 2.27. The largest absolute Gasteiger partial charge is 0.351 e.